The van der Waals surface area contributed by atoms with E-state index in [1.807, 2.05) is 20.8 Å². The minimum atomic E-state index is -0.986. The molecule has 0 aliphatic rings. The van der Waals surface area contributed by atoms with E-state index in [9.17, 15) is 9.59 Å². The third-order valence-electron chi connectivity index (χ3n) is 2.35. The number of carbonyl (C=O) groups excluding carboxylic acids is 1. The quantitative estimate of drug-likeness (QED) is 0.711. The van der Waals surface area contributed by atoms with Crippen LogP contribution in [-0.2, 0) is 14.3 Å². The van der Waals surface area contributed by atoms with E-state index in [4.69, 9.17) is 9.84 Å². The fraction of sp³-hybridized carbons (Fsp3) is 0.833. The number of carbonyl (C=O) groups is 2. The molecule has 1 unspecified atom stereocenters. The molecule has 5 heteroatoms. The number of ether oxygens (including phenoxy) is 1. The van der Waals surface area contributed by atoms with Gasteiger partial charge in [0.1, 0.15) is 6.04 Å². The van der Waals surface area contributed by atoms with Gasteiger partial charge in [0.05, 0.1) is 6.61 Å². The summed E-state index contributed by atoms with van der Waals surface area (Å²) < 4.78 is 4.76. The van der Waals surface area contributed by atoms with Gasteiger partial charge in [0.15, 0.2) is 0 Å². The number of hydrogen-bond acceptors (Lipinski definition) is 3. The first-order valence-electron chi connectivity index (χ1n) is 5.77. The van der Waals surface area contributed by atoms with Crippen molar-refractivity contribution in [2.75, 3.05) is 13.7 Å². The van der Waals surface area contributed by atoms with Gasteiger partial charge in [0.2, 0.25) is 5.91 Å². The molecule has 2 N–H and O–H groups in total. The normalized spacial score (nSPS) is 13.2. The molecule has 5 nitrogen and oxygen atoms in total. The van der Waals surface area contributed by atoms with Gasteiger partial charge in [-0.15, -0.1) is 0 Å². The molecule has 0 aromatic heterocycles. The molecule has 0 aromatic carbocycles. The molecule has 0 heterocycles. The molecular weight excluding hydrogens is 222 g/mol. The van der Waals surface area contributed by atoms with E-state index in [0.717, 1.165) is 6.42 Å². The lowest BCUT2D eigenvalue weighted by Gasteiger charge is -2.21. The molecular formula is C12H23NO4. The summed E-state index contributed by atoms with van der Waals surface area (Å²) >= 11 is 0. The van der Waals surface area contributed by atoms with Crippen LogP contribution in [0.4, 0.5) is 0 Å². The standard InChI is InChI=1S/C12H23NO4/c1-12(2,3)7-5-9(11(15)16)13-10(14)6-8-17-4/h9H,5-8H2,1-4H3,(H,13,14)(H,15,16). The Labute approximate surface area is 103 Å². The second-order valence-corrected chi connectivity index (χ2v) is 5.30. The number of amides is 1. The first-order valence-corrected chi connectivity index (χ1v) is 5.77. The smallest absolute Gasteiger partial charge is 0.326 e. The molecule has 0 aliphatic heterocycles. The molecule has 0 saturated heterocycles. The molecule has 0 rings (SSSR count). The zero-order valence-corrected chi connectivity index (χ0v) is 11.1. The largest absolute Gasteiger partial charge is 0.480 e. The summed E-state index contributed by atoms with van der Waals surface area (Å²) in [5.74, 6) is -1.27. The van der Waals surface area contributed by atoms with E-state index in [-0.39, 0.29) is 17.7 Å². The lowest BCUT2D eigenvalue weighted by Crippen LogP contribution is -2.41. The van der Waals surface area contributed by atoms with E-state index in [1.165, 1.54) is 7.11 Å². The third kappa shape index (κ3) is 8.68. The number of methoxy groups -OCH3 is 1. The molecule has 0 bridgehead atoms. The van der Waals surface area contributed by atoms with Gasteiger partial charge in [0, 0.05) is 13.5 Å². The Hall–Kier alpha value is -1.10. The fourth-order valence-corrected chi connectivity index (χ4v) is 1.30. The van der Waals surface area contributed by atoms with Crippen molar-refractivity contribution in [3.8, 4) is 0 Å². The number of aliphatic carboxylic acids is 1. The summed E-state index contributed by atoms with van der Waals surface area (Å²) in [5, 5.41) is 11.5. The van der Waals surface area contributed by atoms with Crippen LogP contribution in [0.3, 0.4) is 0 Å². The monoisotopic (exact) mass is 245 g/mol. The Morgan fingerprint density at radius 2 is 1.94 bits per heavy atom. The first kappa shape index (κ1) is 15.9. The average molecular weight is 245 g/mol. The molecule has 17 heavy (non-hydrogen) atoms. The summed E-state index contributed by atoms with van der Waals surface area (Å²) in [5.41, 5.74) is 0.0605. The summed E-state index contributed by atoms with van der Waals surface area (Å²) in [6.07, 6.45) is 1.38. The Kier molecular flexibility index (Phi) is 6.80. The maximum atomic E-state index is 11.4. The highest BCUT2D eigenvalue weighted by Crippen LogP contribution is 2.21. The fourth-order valence-electron chi connectivity index (χ4n) is 1.30. The minimum Gasteiger partial charge on any atom is -0.480 e. The molecule has 0 aliphatic carbocycles. The van der Waals surface area contributed by atoms with Gasteiger partial charge in [-0.2, -0.15) is 0 Å². The Bertz CT molecular complexity index is 258. The first-order chi connectivity index (χ1) is 7.76. The van der Waals surface area contributed by atoms with Crippen molar-refractivity contribution in [2.24, 2.45) is 5.41 Å². The van der Waals surface area contributed by atoms with Crippen LogP contribution in [-0.4, -0.2) is 36.7 Å². The van der Waals surface area contributed by atoms with Crippen LogP contribution in [0.25, 0.3) is 0 Å². The van der Waals surface area contributed by atoms with E-state index < -0.39 is 12.0 Å². The summed E-state index contributed by atoms with van der Waals surface area (Å²) in [6, 6.07) is -0.807. The summed E-state index contributed by atoms with van der Waals surface area (Å²) in [6.45, 7) is 6.42. The predicted molar refractivity (Wildman–Crippen MR) is 64.7 cm³/mol. The number of carboxylic acids is 1. The van der Waals surface area contributed by atoms with Crippen molar-refractivity contribution in [3.63, 3.8) is 0 Å². The van der Waals surface area contributed by atoms with Gasteiger partial charge in [-0.1, -0.05) is 20.8 Å². The minimum absolute atomic E-state index is 0.0605. The molecule has 0 fully saturated rings. The number of nitrogens with one attached hydrogen (secondary N) is 1. The van der Waals surface area contributed by atoms with Crippen molar-refractivity contribution in [1.82, 2.24) is 5.32 Å². The van der Waals surface area contributed by atoms with Crippen LogP contribution >= 0.6 is 0 Å². The van der Waals surface area contributed by atoms with Crippen LogP contribution in [0.1, 0.15) is 40.0 Å². The van der Waals surface area contributed by atoms with Crippen LogP contribution in [0, 0.1) is 5.41 Å². The van der Waals surface area contributed by atoms with Crippen molar-refractivity contribution in [3.05, 3.63) is 0 Å². The Balaban J connectivity index is 4.16. The Morgan fingerprint density at radius 3 is 2.35 bits per heavy atom. The summed E-state index contributed by atoms with van der Waals surface area (Å²) in [7, 11) is 1.50. The van der Waals surface area contributed by atoms with Crippen molar-refractivity contribution in [2.45, 2.75) is 46.1 Å². The van der Waals surface area contributed by atoms with E-state index in [2.05, 4.69) is 5.32 Å². The van der Waals surface area contributed by atoms with E-state index in [1.54, 1.807) is 0 Å². The third-order valence-corrected chi connectivity index (χ3v) is 2.35. The van der Waals surface area contributed by atoms with Gasteiger partial charge in [-0.05, 0) is 18.3 Å². The number of hydrogen-bond donors (Lipinski definition) is 2. The van der Waals surface area contributed by atoms with Gasteiger partial charge in [-0.3, -0.25) is 4.79 Å². The topological polar surface area (TPSA) is 75.6 Å². The lowest BCUT2D eigenvalue weighted by atomic mass is 9.88. The van der Waals surface area contributed by atoms with Gasteiger partial charge >= 0.3 is 5.97 Å². The number of rotatable bonds is 7. The molecule has 100 valence electrons. The second-order valence-electron chi connectivity index (χ2n) is 5.30. The van der Waals surface area contributed by atoms with E-state index >= 15 is 0 Å². The van der Waals surface area contributed by atoms with Crippen LogP contribution in [0.15, 0.2) is 0 Å². The molecule has 0 spiro atoms. The van der Waals surface area contributed by atoms with Crippen LogP contribution in [0.5, 0.6) is 0 Å². The van der Waals surface area contributed by atoms with Crippen molar-refractivity contribution in [1.29, 1.82) is 0 Å². The Morgan fingerprint density at radius 1 is 1.35 bits per heavy atom. The summed E-state index contributed by atoms with van der Waals surface area (Å²) in [4.78, 5) is 22.4. The highest BCUT2D eigenvalue weighted by Gasteiger charge is 2.22. The zero-order chi connectivity index (χ0) is 13.5. The predicted octanol–water partition coefficient (Wildman–Crippen LogP) is 1.42. The zero-order valence-electron chi connectivity index (χ0n) is 11.1. The maximum absolute atomic E-state index is 11.4. The molecule has 1 atom stereocenters. The molecule has 0 aromatic rings. The highest BCUT2D eigenvalue weighted by molar-refractivity contribution is 5.83. The second kappa shape index (κ2) is 7.27. The van der Waals surface area contributed by atoms with Gasteiger partial charge < -0.3 is 15.2 Å². The van der Waals surface area contributed by atoms with Crippen molar-refractivity contribution < 1.29 is 19.4 Å². The van der Waals surface area contributed by atoms with Crippen LogP contribution < -0.4 is 5.32 Å². The molecule has 0 saturated carbocycles. The van der Waals surface area contributed by atoms with Crippen LogP contribution in [0.2, 0.25) is 0 Å². The maximum Gasteiger partial charge on any atom is 0.326 e. The van der Waals surface area contributed by atoms with Gasteiger partial charge in [0.25, 0.3) is 0 Å². The SMILES string of the molecule is COCCC(=O)NC(CCC(C)(C)C)C(=O)O. The average Bonchev–Trinajstić information content (AvgIpc) is 2.19. The van der Waals surface area contributed by atoms with Gasteiger partial charge in [-0.25, -0.2) is 4.79 Å². The molecule has 1 amide bonds. The lowest BCUT2D eigenvalue weighted by molar-refractivity contribution is -0.142. The van der Waals surface area contributed by atoms with E-state index in [0.29, 0.717) is 13.0 Å². The highest BCUT2D eigenvalue weighted by atomic mass is 16.5. The van der Waals surface area contributed by atoms with Crippen molar-refractivity contribution >= 4 is 11.9 Å². The molecule has 0 radical (unpaired) electrons. The number of carboxylic acid groups (broad SMARTS) is 1.